The molecule has 6 rings (SSSR count). The Balaban J connectivity index is 0.000000148. The number of ether oxygens (including phenoxy) is 4. The molecule has 0 bridgehead atoms. The fourth-order valence-electron chi connectivity index (χ4n) is 5.04. The Labute approximate surface area is 211 Å². The summed E-state index contributed by atoms with van der Waals surface area (Å²) < 4.78 is 22.9. The third-order valence-corrected chi connectivity index (χ3v) is 7.29. The van der Waals surface area contributed by atoms with Gasteiger partial charge in [-0.1, -0.05) is 60.7 Å². The summed E-state index contributed by atoms with van der Waals surface area (Å²) in [5.41, 5.74) is 2.07. The van der Waals surface area contributed by atoms with E-state index < -0.39 is 0 Å². The van der Waals surface area contributed by atoms with Gasteiger partial charge in [0.1, 0.15) is 13.2 Å². The van der Waals surface area contributed by atoms with E-state index in [2.05, 4.69) is 34.9 Å². The Morgan fingerprint density at radius 2 is 1.06 bits per heavy atom. The highest BCUT2D eigenvalue weighted by molar-refractivity contribution is 5.78. The molecule has 2 saturated heterocycles. The molecular formula is C28H34N2O6. The molecule has 2 saturated carbocycles. The summed E-state index contributed by atoms with van der Waals surface area (Å²) in [4.78, 5) is 22.0. The minimum absolute atomic E-state index is 0.0192. The van der Waals surface area contributed by atoms with Gasteiger partial charge in [-0.3, -0.25) is 9.59 Å². The standard InChI is InChI=1S/2C14H17NO3/c2*16-13-9-18-14(10-15-13)6-12(7-14)17-8-11-4-2-1-3-5-11/h2*1-5,12H,6-10H2,(H,15,16). The molecule has 4 aliphatic rings. The van der Waals surface area contributed by atoms with E-state index in [1.807, 2.05) is 36.4 Å². The van der Waals surface area contributed by atoms with Gasteiger partial charge in [0.2, 0.25) is 11.8 Å². The first-order valence-electron chi connectivity index (χ1n) is 12.6. The number of amides is 2. The van der Waals surface area contributed by atoms with Crippen molar-refractivity contribution in [2.24, 2.45) is 0 Å². The van der Waals surface area contributed by atoms with Gasteiger partial charge >= 0.3 is 0 Å². The number of rotatable bonds is 6. The molecule has 8 nitrogen and oxygen atoms in total. The van der Waals surface area contributed by atoms with Crippen molar-refractivity contribution in [1.82, 2.24) is 10.6 Å². The molecular weight excluding hydrogens is 460 g/mol. The topological polar surface area (TPSA) is 95.1 Å². The Kier molecular flexibility index (Phi) is 7.67. The van der Waals surface area contributed by atoms with Crippen LogP contribution < -0.4 is 10.6 Å². The Bertz CT molecular complexity index is 911. The van der Waals surface area contributed by atoms with Crippen molar-refractivity contribution in [3.8, 4) is 0 Å². The highest BCUT2D eigenvalue weighted by Crippen LogP contribution is 2.40. The van der Waals surface area contributed by atoms with Crippen LogP contribution in [0.3, 0.4) is 0 Å². The van der Waals surface area contributed by atoms with Gasteiger partial charge in [0.25, 0.3) is 0 Å². The van der Waals surface area contributed by atoms with Gasteiger partial charge in [0.05, 0.1) is 36.6 Å². The van der Waals surface area contributed by atoms with Crippen LogP contribution in [0.4, 0.5) is 0 Å². The highest BCUT2D eigenvalue weighted by atomic mass is 16.5. The van der Waals surface area contributed by atoms with Crippen molar-refractivity contribution in [2.75, 3.05) is 26.3 Å². The number of nitrogens with one attached hydrogen (secondary N) is 2. The SMILES string of the molecule is O=C1COC2(CN1)CC(OCc1ccccc1)C2.O=C1COC2(CN1)CC(OCc1ccccc1)C2. The van der Waals surface area contributed by atoms with Crippen molar-refractivity contribution in [2.45, 2.75) is 62.3 Å². The zero-order valence-electron chi connectivity index (χ0n) is 20.4. The predicted molar refractivity (Wildman–Crippen MR) is 132 cm³/mol. The average Bonchev–Trinajstić information content (AvgIpc) is 2.87. The van der Waals surface area contributed by atoms with E-state index in [4.69, 9.17) is 18.9 Å². The molecule has 2 amide bonds. The van der Waals surface area contributed by atoms with Crippen LogP contribution >= 0.6 is 0 Å². The van der Waals surface area contributed by atoms with E-state index in [0.29, 0.717) is 26.3 Å². The van der Waals surface area contributed by atoms with Crippen LogP contribution in [-0.2, 0) is 41.8 Å². The summed E-state index contributed by atoms with van der Waals surface area (Å²) in [7, 11) is 0. The molecule has 0 aromatic heterocycles. The molecule has 192 valence electrons. The molecule has 0 atom stereocenters. The lowest BCUT2D eigenvalue weighted by Gasteiger charge is -2.48. The number of morpholine rings is 2. The molecule has 2 heterocycles. The van der Waals surface area contributed by atoms with Gasteiger partial charge in [-0.15, -0.1) is 0 Å². The number of hydrogen-bond acceptors (Lipinski definition) is 6. The van der Waals surface area contributed by atoms with Crippen LogP contribution in [0.2, 0.25) is 0 Å². The fraction of sp³-hybridized carbons (Fsp3) is 0.500. The number of hydrogen-bond donors (Lipinski definition) is 2. The third-order valence-electron chi connectivity index (χ3n) is 7.29. The minimum atomic E-state index is -0.157. The van der Waals surface area contributed by atoms with E-state index in [0.717, 1.165) is 25.7 Å². The second kappa shape index (κ2) is 11.1. The van der Waals surface area contributed by atoms with E-state index in [-0.39, 0.29) is 48.4 Å². The largest absolute Gasteiger partial charge is 0.373 e. The number of carbonyl (C=O) groups is 2. The van der Waals surface area contributed by atoms with Crippen molar-refractivity contribution >= 4 is 11.8 Å². The number of benzene rings is 2. The van der Waals surface area contributed by atoms with E-state index in [1.165, 1.54) is 11.1 Å². The van der Waals surface area contributed by atoms with Crippen LogP contribution in [0.1, 0.15) is 36.8 Å². The maximum absolute atomic E-state index is 11.0. The van der Waals surface area contributed by atoms with Crippen LogP contribution in [0.15, 0.2) is 60.7 Å². The van der Waals surface area contributed by atoms with Gasteiger partial charge in [-0.05, 0) is 11.1 Å². The Hall–Kier alpha value is -2.78. The second-order valence-corrected chi connectivity index (χ2v) is 10.2. The first-order valence-corrected chi connectivity index (χ1v) is 12.6. The van der Waals surface area contributed by atoms with Crippen LogP contribution in [0.5, 0.6) is 0 Å². The fourth-order valence-corrected chi connectivity index (χ4v) is 5.04. The van der Waals surface area contributed by atoms with Gasteiger partial charge in [-0.2, -0.15) is 0 Å². The van der Waals surface area contributed by atoms with Crippen molar-refractivity contribution in [3.63, 3.8) is 0 Å². The molecule has 2 spiro atoms. The average molecular weight is 495 g/mol. The Morgan fingerprint density at radius 1 is 0.667 bits per heavy atom. The minimum Gasteiger partial charge on any atom is -0.373 e. The summed E-state index contributed by atoms with van der Waals surface area (Å²) in [6.45, 7) is 2.91. The maximum atomic E-state index is 11.0. The summed E-state index contributed by atoms with van der Waals surface area (Å²) >= 11 is 0. The molecule has 0 unspecified atom stereocenters. The lowest BCUT2D eigenvalue weighted by Crippen LogP contribution is -2.61. The molecule has 2 aliphatic heterocycles. The predicted octanol–water partition coefficient (Wildman–Crippen LogP) is 2.50. The summed E-state index contributed by atoms with van der Waals surface area (Å²) in [6.07, 6.45) is 4.00. The van der Waals surface area contributed by atoms with Crippen molar-refractivity contribution in [3.05, 3.63) is 71.8 Å². The van der Waals surface area contributed by atoms with Gasteiger partial charge in [0.15, 0.2) is 0 Å². The first-order chi connectivity index (χ1) is 17.5. The summed E-state index contributed by atoms with van der Waals surface area (Å²) in [5.74, 6) is -0.0384. The molecule has 36 heavy (non-hydrogen) atoms. The lowest BCUT2D eigenvalue weighted by atomic mass is 9.76. The molecule has 2 aromatic rings. The Morgan fingerprint density at radius 3 is 1.39 bits per heavy atom. The quantitative estimate of drug-likeness (QED) is 0.641. The maximum Gasteiger partial charge on any atom is 0.246 e. The van der Waals surface area contributed by atoms with E-state index in [9.17, 15) is 9.59 Å². The molecule has 0 radical (unpaired) electrons. The molecule has 2 N–H and O–H groups in total. The van der Waals surface area contributed by atoms with Crippen LogP contribution in [0, 0.1) is 0 Å². The van der Waals surface area contributed by atoms with Crippen molar-refractivity contribution in [1.29, 1.82) is 0 Å². The molecule has 2 aliphatic carbocycles. The number of carbonyl (C=O) groups excluding carboxylic acids is 2. The smallest absolute Gasteiger partial charge is 0.246 e. The zero-order valence-corrected chi connectivity index (χ0v) is 20.4. The van der Waals surface area contributed by atoms with Gasteiger partial charge in [0, 0.05) is 38.8 Å². The molecule has 4 fully saturated rings. The lowest BCUT2D eigenvalue weighted by molar-refractivity contribution is -0.191. The summed E-state index contributed by atoms with van der Waals surface area (Å²) in [6, 6.07) is 20.3. The van der Waals surface area contributed by atoms with Crippen molar-refractivity contribution < 1.29 is 28.5 Å². The van der Waals surface area contributed by atoms with Gasteiger partial charge < -0.3 is 29.6 Å². The summed E-state index contributed by atoms with van der Waals surface area (Å²) in [5, 5.41) is 5.70. The van der Waals surface area contributed by atoms with E-state index >= 15 is 0 Å². The monoisotopic (exact) mass is 494 g/mol. The highest BCUT2D eigenvalue weighted by Gasteiger charge is 2.49. The van der Waals surface area contributed by atoms with Crippen LogP contribution in [-0.4, -0.2) is 61.5 Å². The zero-order chi connectivity index (χ0) is 24.8. The first kappa shape index (κ1) is 24.9. The third kappa shape index (κ3) is 6.31. The van der Waals surface area contributed by atoms with Crippen LogP contribution in [0.25, 0.3) is 0 Å². The molecule has 2 aromatic carbocycles. The van der Waals surface area contributed by atoms with E-state index in [1.54, 1.807) is 0 Å². The molecule has 8 heteroatoms. The normalized spacial score (nSPS) is 30.9. The second-order valence-electron chi connectivity index (χ2n) is 10.2. The van der Waals surface area contributed by atoms with Gasteiger partial charge in [-0.25, -0.2) is 0 Å².